The molecule has 1 unspecified atom stereocenters. The highest BCUT2D eigenvalue weighted by Crippen LogP contribution is 2.51. The van der Waals surface area contributed by atoms with Crippen LogP contribution in [0.3, 0.4) is 0 Å². The predicted molar refractivity (Wildman–Crippen MR) is 210 cm³/mol. The molecule has 290 valence electrons. The first kappa shape index (κ1) is 38.9. The third-order valence-corrected chi connectivity index (χ3v) is 11.0. The highest BCUT2D eigenvalue weighted by molar-refractivity contribution is 7.54. The van der Waals surface area contributed by atoms with Gasteiger partial charge in [-0.25, -0.2) is 13.8 Å². The number of fused-ring (bicyclic) bond motifs is 2. The molecular weight excluding hydrogens is 750 g/mol. The zero-order valence-corrected chi connectivity index (χ0v) is 32.0. The van der Waals surface area contributed by atoms with E-state index in [9.17, 15) is 23.3 Å². The zero-order chi connectivity index (χ0) is 39.9. The van der Waals surface area contributed by atoms with E-state index < -0.39 is 43.4 Å². The molecule has 13 heteroatoms. The topological polar surface area (TPSA) is 131 Å². The van der Waals surface area contributed by atoms with Crippen LogP contribution in [0, 0.1) is 5.82 Å². The summed E-state index contributed by atoms with van der Waals surface area (Å²) in [5, 5.41) is 0.343. The minimum atomic E-state index is -4.14. The van der Waals surface area contributed by atoms with Crippen molar-refractivity contribution in [2.24, 2.45) is 0 Å². The number of aromatic nitrogens is 1. The Labute approximate surface area is 328 Å². The molecule has 0 N–H and O–H groups in total. The largest absolute Gasteiger partial charge is 0.491 e. The highest BCUT2D eigenvalue weighted by atomic mass is 31.2. The molecule has 1 aliphatic rings. The summed E-state index contributed by atoms with van der Waals surface area (Å²) in [6.07, 6.45) is -0.796. The molecule has 7 rings (SSSR count). The van der Waals surface area contributed by atoms with Gasteiger partial charge in [-0.3, -0.25) is 24.0 Å². The Kier molecular flexibility index (Phi) is 11.7. The second kappa shape index (κ2) is 17.2. The van der Waals surface area contributed by atoms with E-state index in [1.165, 1.54) is 37.4 Å². The van der Waals surface area contributed by atoms with Gasteiger partial charge >= 0.3 is 13.6 Å². The van der Waals surface area contributed by atoms with Gasteiger partial charge in [0.05, 0.1) is 24.9 Å². The number of pyridine rings is 1. The van der Waals surface area contributed by atoms with E-state index in [0.29, 0.717) is 10.9 Å². The van der Waals surface area contributed by atoms with E-state index in [4.69, 9.17) is 23.3 Å². The lowest BCUT2D eigenvalue weighted by molar-refractivity contribution is -0.150. The molecule has 1 aromatic heterocycles. The van der Waals surface area contributed by atoms with Crippen molar-refractivity contribution < 1.29 is 46.6 Å². The Bertz CT molecular complexity index is 2390. The maximum absolute atomic E-state index is 14.6. The maximum atomic E-state index is 14.6. The molecule has 2 amide bonds. The molecule has 2 atom stereocenters. The molecule has 0 aliphatic carbocycles. The summed E-state index contributed by atoms with van der Waals surface area (Å²) in [5.41, 5.74) is 2.16. The number of hydrogen-bond donors (Lipinski definition) is 0. The van der Waals surface area contributed by atoms with Crippen molar-refractivity contribution in [2.75, 3.05) is 19.4 Å². The van der Waals surface area contributed by atoms with Crippen molar-refractivity contribution in [3.8, 4) is 17.2 Å². The minimum absolute atomic E-state index is 0.00100. The Hall–Kier alpha value is -6.36. The number of ether oxygens (including phenoxy) is 3. The van der Waals surface area contributed by atoms with Gasteiger partial charge in [0.25, 0.3) is 11.8 Å². The molecule has 0 spiro atoms. The number of imide groups is 1. The Morgan fingerprint density at radius 1 is 0.789 bits per heavy atom. The highest BCUT2D eigenvalue weighted by Gasteiger charge is 2.44. The van der Waals surface area contributed by atoms with Crippen LogP contribution in [-0.2, 0) is 25.2 Å². The molecule has 0 saturated heterocycles. The lowest BCUT2D eigenvalue weighted by Gasteiger charge is -2.24. The van der Waals surface area contributed by atoms with Gasteiger partial charge in [-0.2, -0.15) is 0 Å². The van der Waals surface area contributed by atoms with E-state index in [1.54, 1.807) is 49.4 Å². The van der Waals surface area contributed by atoms with Crippen molar-refractivity contribution >= 4 is 36.3 Å². The number of nitrogens with zero attached hydrogens (tertiary/aromatic N) is 2. The van der Waals surface area contributed by atoms with Gasteiger partial charge in [0.15, 0.2) is 11.9 Å². The minimum Gasteiger partial charge on any atom is -0.491 e. The second-order valence-electron chi connectivity index (χ2n) is 13.0. The molecule has 6 aromatic rings. The normalized spacial score (nSPS) is 13.9. The van der Waals surface area contributed by atoms with Crippen LogP contribution in [-0.4, -0.2) is 53.1 Å². The quantitative estimate of drug-likeness (QED) is 0.0532. The molecule has 0 bridgehead atoms. The summed E-state index contributed by atoms with van der Waals surface area (Å²) in [6, 6.07) is 36.0. The number of carbonyl (C=O) groups is 3. The fourth-order valence-corrected chi connectivity index (χ4v) is 8.03. The fourth-order valence-electron chi connectivity index (χ4n) is 6.47. The molecule has 1 aliphatic heterocycles. The first-order valence-electron chi connectivity index (χ1n) is 18.3. The number of halogens is 1. The SMILES string of the molecule is CCOC(=O)[C@@H](C)OP(=O)(CCOc1c2c(c(OC(c3ccccc3)c3ccccc3)c3ncccc13)C(=O)N(Cc1ccc(F)cc1)C2=O)Oc1ccccc1. The molecule has 0 fully saturated rings. The number of esters is 1. The zero-order valence-electron chi connectivity index (χ0n) is 31.1. The van der Waals surface area contributed by atoms with Crippen molar-refractivity contribution in [2.45, 2.75) is 32.6 Å². The Balaban J connectivity index is 1.31. The smallest absolute Gasteiger partial charge is 0.383 e. The number of carbonyl (C=O) groups excluding carboxylic acids is 3. The van der Waals surface area contributed by atoms with Crippen LogP contribution < -0.4 is 14.0 Å². The van der Waals surface area contributed by atoms with Crippen molar-refractivity contribution in [3.05, 3.63) is 167 Å². The van der Waals surface area contributed by atoms with Gasteiger partial charge in [-0.05, 0) is 66.9 Å². The number of para-hydroxylation sites is 1. The van der Waals surface area contributed by atoms with Gasteiger partial charge in [0.2, 0.25) is 0 Å². The Morgan fingerprint density at radius 3 is 2.00 bits per heavy atom. The lowest BCUT2D eigenvalue weighted by atomic mass is 9.99. The third-order valence-electron chi connectivity index (χ3n) is 9.12. The van der Waals surface area contributed by atoms with Crippen LogP contribution >= 0.6 is 7.60 Å². The van der Waals surface area contributed by atoms with Crippen LogP contribution in [0.25, 0.3) is 10.9 Å². The average Bonchev–Trinajstić information content (AvgIpc) is 3.47. The third kappa shape index (κ3) is 8.57. The number of rotatable bonds is 16. The number of benzene rings is 5. The monoisotopic (exact) mass is 788 g/mol. The van der Waals surface area contributed by atoms with Crippen LogP contribution in [0.15, 0.2) is 134 Å². The van der Waals surface area contributed by atoms with E-state index in [1.807, 2.05) is 60.7 Å². The molecule has 2 heterocycles. The van der Waals surface area contributed by atoms with Crippen LogP contribution in [0.2, 0.25) is 0 Å². The van der Waals surface area contributed by atoms with E-state index in [0.717, 1.165) is 16.0 Å². The standard InChI is InChI=1S/C44H38FN2O9P/c1-3-52-44(50)29(2)55-57(51,56-34-18-11-6-12-19-34)27-26-53-40-35-20-13-25-46-38(35)41(54-39(31-14-7-4-8-15-31)32-16-9-5-10-17-32)37-36(40)42(48)47(43(37)49)28-30-21-23-33(45)24-22-30/h4-25,29,39H,3,26-28H2,1-2H3/t29-,57?/m1/s1. The first-order chi connectivity index (χ1) is 27.7. The van der Waals surface area contributed by atoms with E-state index >= 15 is 0 Å². The number of hydrogen-bond acceptors (Lipinski definition) is 10. The van der Waals surface area contributed by atoms with E-state index in [2.05, 4.69) is 4.98 Å². The summed E-state index contributed by atoms with van der Waals surface area (Å²) in [7, 11) is -4.14. The molecule has 0 saturated carbocycles. The summed E-state index contributed by atoms with van der Waals surface area (Å²) >= 11 is 0. The Morgan fingerprint density at radius 2 is 1.39 bits per heavy atom. The van der Waals surface area contributed by atoms with Gasteiger partial charge < -0.3 is 18.7 Å². The molecule has 0 radical (unpaired) electrons. The first-order valence-corrected chi connectivity index (χ1v) is 20.0. The van der Waals surface area contributed by atoms with Crippen LogP contribution in [0.5, 0.6) is 17.2 Å². The summed E-state index contributed by atoms with van der Waals surface area (Å²) < 4.78 is 58.0. The van der Waals surface area contributed by atoms with E-state index in [-0.39, 0.29) is 59.8 Å². The average molecular weight is 789 g/mol. The predicted octanol–water partition coefficient (Wildman–Crippen LogP) is 8.96. The summed E-state index contributed by atoms with van der Waals surface area (Å²) in [4.78, 5) is 47.3. The maximum Gasteiger partial charge on any atom is 0.383 e. The lowest BCUT2D eigenvalue weighted by Crippen LogP contribution is -2.29. The molecule has 11 nitrogen and oxygen atoms in total. The van der Waals surface area contributed by atoms with Gasteiger partial charge in [-0.1, -0.05) is 91.0 Å². The van der Waals surface area contributed by atoms with Crippen molar-refractivity contribution in [1.29, 1.82) is 0 Å². The van der Waals surface area contributed by atoms with Gasteiger partial charge in [-0.15, -0.1) is 0 Å². The molecular formula is C44H38FN2O9P. The summed E-state index contributed by atoms with van der Waals surface area (Å²) in [5.74, 6) is -2.25. The van der Waals surface area contributed by atoms with Crippen LogP contribution in [0.1, 0.15) is 57.4 Å². The van der Waals surface area contributed by atoms with Gasteiger partial charge in [0.1, 0.15) is 41.1 Å². The van der Waals surface area contributed by atoms with Crippen molar-refractivity contribution in [3.63, 3.8) is 0 Å². The number of amides is 2. The fraction of sp³-hybridized carbons (Fsp3) is 0.182. The van der Waals surface area contributed by atoms with Crippen molar-refractivity contribution in [1.82, 2.24) is 9.88 Å². The van der Waals surface area contributed by atoms with Crippen LogP contribution in [0.4, 0.5) is 4.39 Å². The second-order valence-corrected chi connectivity index (χ2v) is 15.1. The molecule has 57 heavy (non-hydrogen) atoms. The molecule has 5 aromatic carbocycles. The van der Waals surface area contributed by atoms with Gasteiger partial charge in [0, 0.05) is 11.6 Å². The summed E-state index contributed by atoms with van der Waals surface area (Å²) in [6.45, 7) is 2.63.